The van der Waals surface area contributed by atoms with E-state index in [4.69, 9.17) is 9.47 Å². The molecule has 7 nitrogen and oxygen atoms in total. The Hall–Kier alpha value is -4.39. The van der Waals surface area contributed by atoms with Gasteiger partial charge in [-0.15, -0.1) is 5.10 Å². The van der Waals surface area contributed by atoms with Crippen molar-refractivity contribution in [3.05, 3.63) is 84.2 Å². The molecule has 32 heavy (non-hydrogen) atoms. The first-order valence-electron chi connectivity index (χ1n) is 9.90. The highest BCUT2D eigenvalue weighted by Gasteiger charge is 2.15. The number of methoxy groups -OCH3 is 1. The summed E-state index contributed by atoms with van der Waals surface area (Å²) in [5, 5.41) is 15.0. The molecule has 0 atom stereocenters. The Morgan fingerprint density at radius 3 is 2.44 bits per heavy atom. The van der Waals surface area contributed by atoms with Gasteiger partial charge in [0.2, 0.25) is 0 Å². The number of phenolic OH excluding ortho intramolecular Hbond substituents is 1. The van der Waals surface area contributed by atoms with Gasteiger partial charge in [-0.25, -0.2) is 9.67 Å². The zero-order valence-electron chi connectivity index (χ0n) is 17.6. The standard InChI is InChI=1S/C25H21N3O4/c1-17(29)32-23-16-18(12-14-22(23)31-2)13-15-24-26-25(20-10-6-7-11-21(20)30)28(27-24)19-8-4-3-5-9-19/h3-16,30H,1-2H3. The lowest BCUT2D eigenvalue weighted by Crippen LogP contribution is -2.03. The third-order valence-electron chi connectivity index (χ3n) is 4.64. The van der Waals surface area contributed by atoms with Gasteiger partial charge in [0.1, 0.15) is 5.75 Å². The molecule has 1 aromatic heterocycles. The maximum absolute atomic E-state index is 11.4. The molecule has 7 heteroatoms. The smallest absolute Gasteiger partial charge is 0.308 e. The topological polar surface area (TPSA) is 86.5 Å². The molecule has 0 aliphatic rings. The molecule has 0 radical (unpaired) electrons. The number of ether oxygens (including phenoxy) is 2. The van der Waals surface area contributed by atoms with E-state index in [-0.39, 0.29) is 5.75 Å². The zero-order valence-corrected chi connectivity index (χ0v) is 17.6. The van der Waals surface area contributed by atoms with Gasteiger partial charge in [-0.2, -0.15) is 0 Å². The van der Waals surface area contributed by atoms with Crippen LogP contribution in [0.5, 0.6) is 17.2 Å². The number of hydrogen-bond donors (Lipinski definition) is 1. The van der Waals surface area contributed by atoms with Crippen LogP contribution in [0.1, 0.15) is 18.3 Å². The van der Waals surface area contributed by atoms with Gasteiger partial charge in [0.05, 0.1) is 18.4 Å². The summed E-state index contributed by atoms with van der Waals surface area (Å²) in [6, 6.07) is 21.8. The van der Waals surface area contributed by atoms with Crippen molar-refractivity contribution in [2.45, 2.75) is 6.92 Å². The van der Waals surface area contributed by atoms with Gasteiger partial charge in [0, 0.05) is 6.92 Å². The molecule has 0 aliphatic carbocycles. The normalized spacial score (nSPS) is 10.9. The van der Waals surface area contributed by atoms with Crippen LogP contribution in [0.25, 0.3) is 29.2 Å². The molecule has 0 unspecified atom stereocenters. The third-order valence-corrected chi connectivity index (χ3v) is 4.64. The van der Waals surface area contributed by atoms with Crippen molar-refractivity contribution in [1.82, 2.24) is 14.8 Å². The van der Waals surface area contributed by atoms with Gasteiger partial charge in [-0.3, -0.25) is 4.79 Å². The molecule has 4 aromatic rings. The maximum Gasteiger partial charge on any atom is 0.308 e. The number of carbonyl (C=O) groups excluding carboxylic acids is 1. The van der Waals surface area contributed by atoms with Gasteiger partial charge in [-0.05, 0) is 48.0 Å². The lowest BCUT2D eigenvalue weighted by atomic mass is 10.2. The fourth-order valence-electron chi connectivity index (χ4n) is 3.19. The summed E-state index contributed by atoms with van der Waals surface area (Å²) in [4.78, 5) is 16.0. The number of carbonyl (C=O) groups is 1. The molecule has 4 rings (SSSR count). The van der Waals surface area contributed by atoms with Crippen molar-refractivity contribution in [2.75, 3.05) is 7.11 Å². The number of phenols is 1. The minimum atomic E-state index is -0.431. The fourth-order valence-corrected chi connectivity index (χ4v) is 3.19. The van der Waals surface area contributed by atoms with Crippen LogP contribution in [0, 0.1) is 0 Å². The Morgan fingerprint density at radius 1 is 0.969 bits per heavy atom. The fraction of sp³-hybridized carbons (Fsp3) is 0.0800. The summed E-state index contributed by atoms with van der Waals surface area (Å²) in [6.45, 7) is 1.34. The van der Waals surface area contributed by atoms with Crippen LogP contribution in [0.2, 0.25) is 0 Å². The highest BCUT2D eigenvalue weighted by Crippen LogP contribution is 2.30. The number of nitrogens with zero attached hydrogens (tertiary/aromatic N) is 3. The molecule has 0 spiro atoms. The number of rotatable bonds is 6. The first-order valence-corrected chi connectivity index (χ1v) is 9.90. The minimum absolute atomic E-state index is 0.119. The Kier molecular flexibility index (Phi) is 5.98. The van der Waals surface area contributed by atoms with Crippen molar-refractivity contribution >= 4 is 18.1 Å². The summed E-state index contributed by atoms with van der Waals surface area (Å²) in [6.07, 6.45) is 3.56. The quantitative estimate of drug-likeness (QED) is 0.353. The Morgan fingerprint density at radius 2 is 1.72 bits per heavy atom. The summed E-state index contributed by atoms with van der Waals surface area (Å²) >= 11 is 0. The average Bonchev–Trinajstić information content (AvgIpc) is 3.22. The van der Waals surface area contributed by atoms with Crippen LogP contribution < -0.4 is 9.47 Å². The number of para-hydroxylation sites is 2. The molecule has 0 amide bonds. The summed E-state index contributed by atoms with van der Waals surface area (Å²) in [5.74, 6) is 1.46. The van der Waals surface area contributed by atoms with E-state index < -0.39 is 5.97 Å². The second-order valence-corrected chi connectivity index (χ2v) is 6.90. The lowest BCUT2D eigenvalue weighted by molar-refractivity contribution is -0.132. The summed E-state index contributed by atoms with van der Waals surface area (Å²) in [7, 11) is 1.51. The predicted molar refractivity (Wildman–Crippen MR) is 122 cm³/mol. The van der Waals surface area contributed by atoms with E-state index >= 15 is 0 Å². The molecule has 160 valence electrons. The van der Waals surface area contributed by atoms with Gasteiger partial charge in [0.15, 0.2) is 23.1 Å². The molecule has 3 aromatic carbocycles. The molecule has 1 N–H and O–H groups in total. The van der Waals surface area contributed by atoms with Crippen LogP contribution in [-0.2, 0) is 4.79 Å². The van der Waals surface area contributed by atoms with Crippen LogP contribution in [0.4, 0.5) is 0 Å². The Balaban J connectivity index is 1.73. The summed E-state index contributed by atoms with van der Waals surface area (Å²) < 4.78 is 12.1. The highest BCUT2D eigenvalue weighted by molar-refractivity contribution is 5.74. The highest BCUT2D eigenvalue weighted by atomic mass is 16.6. The largest absolute Gasteiger partial charge is 0.507 e. The predicted octanol–water partition coefficient (Wildman–Crippen LogP) is 4.74. The van der Waals surface area contributed by atoms with E-state index in [1.807, 2.05) is 48.5 Å². The van der Waals surface area contributed by atoms with Crippen LogP contribution in [0.15, 0.2) is 72.8 Å². The van der Waals surface area contributed by atoms with Gasteiger partial charge in [0.25, 0.3) is 0 Å². The maximum atomic E-state index is 11.4. The number of aromatic nitrogens is 3. The zero-order chi connectivity index (χ0) is 22.5. The second kappa shape index (κ2) is 9.18. The average molecular weight is 427 g/mol. The van der Waals surface area contributed by atoms with Gasteiger partial charge < -0.3 is 14.6 Å². The second-order valence-electron chi connectivity index (χ2n) is 6.90. The van der Waals surface area contributed by atoms with E-state index in [2.05, 4.69) is 10.1 Å². The van der Waals surface area contributed by atoms with E-state index in [1.165, 1.54) is 14.0 Å². The lowest BCUT2D eigenvalue weighted by Gasteiger charge is -2.08. The van der Waals surface area contributed by atoms with E-state index in [0.29, 0.717) is 28.7 Å². The van der Waals surface area contributed by atoms with E-state index in [1.54, 1.807) is 41.1 Å². The molecule has 0 saturated carbocycles. The van der Waals surface area contributed by atoms with Crippen LogP contribution in [-0.4, -0.2) is 33.0 Å². The molecular weight excluding hydrogens is 406 g/mol. The van der Waals surface area contributed by atoms with Gasteiger partial charge in [-0.1, -0.05) is 42.5 Å². The molecule has 0 fully saturated rings. The van der Waals surface area contributed by atoms with Crippen molar-refractivity contribution in [2.24, 2.45) is 0 Å². The molecule has 0 saturated heterocycles. The summed E-state index contributed by atoms with van der Waals surface area (Å²) in [5.41, 5.74) is 2.17. The van der Waals surface area contributed by atoms with Crippen molar-refractivity contribution in [1.29, 1.82) is 0 Å². The molecule has 1 heterocycles. The molecule has 0 bridgehead atoms. The molecular formula is C25H21N3O4. The number of esters is 1. The van der Waals surface area contributed by atoms with Crippen molar-refractivity contribution in [3.63, 3.8) is 0 Å². The monoisotopic (exact) mass is 427 g/mol. The first kappa shape index (κ1) is 20.9. The Labute approximate surface area is 185 Å². The number of aromatic hydroxyl groups is 1. The van der Waals surface area contributed by atoms with Crippen LogP contribution >= 0.6 is 0 Å². The third kappa shape index (κ3) is 4.52. The minimum Gasteiger partial charge on any atom is -0.507 e. The first-order chi connectivity index (χ1) is 15.5. The SMILES string of the molecule is COc1ccc(C=Cc2nc(-c3ccccc3O)n(-c3ccccc3)n2)cc1OC(C)=O. The Bertz CT molecular complexity index is 1280. The van der Waals surface area contributed by atoms with Crippen molar-refractivity contribution < 1.29 is 19.4 Å². The van der Waals surface area contributed by atoms with E-state index in [0.717, 1.165) is 11.3 Å². The number of benzene rings is 3. The van der Waals surface area contributed by atoms with Crippen LogP contribution in [0.3, 0.4) is 0 Å². The van der Waals surface area contributed by atoms with E-state index in [9.17, 15) is 9.90 Å². The number of hydrogen-bond acceptors (Lipinski definition) is 6. The van der Waals surface area contributed by atoms with Gasteiger partial charge >= 0.3 is 5.97 Å². The molecule has 0 aliphatic heterocycles. The van der Waals surface area contributed by atoms with Crippen molar-refractivity contribution in [3.8, 4) is 34.3 Å².